The second-order valence-corrected chi connectivity index (χ2v) is 10.2. The molecule has 0 saturated carbocycles. The molecule has 0 unspecified atom stereocenters. The van der Waals surface area contributed by atoms with Crippen molar-refractivity contribution in [2.45, 2.75) is 49.7 Å². The number of aromatic nitrogens is 2. The number of fused-ring (bicyclic) bond motifs is 1. The van der Waals surface area contributed by atoms with Crippen LogP contribution in [0.25, 0.3) is 11.3 Å². The number of carbonyl (C=O) groups is 2. The van der Waals surface area contributed by atoms with Crippen LogP contribution in [0.3, 0.4) is 0 Å². The average Bonchev–Trinajstić information content (AvgIpc) is 3.39. The fourth-order valence-corrected chi connectivity index (χ4v) is 5.78. The number of alkyl halides is 3. The Morgan fingerprint density at radius 2 is 1.94 bits per heavy atom. The van der Waals surface area contributed by atoms with E-state index in [0.29, 0.717) is 16.1 Å². The van der Waals surface area contributed by atoms with E-state index in [1.54, 1.807) is 44.2 Å². The summed E-state index contributed by atoms with van der Waals surface area (Å²) in [4.78, 5) is 34.4. The third kappa shape index (κ3) is 5.67. The van der Waals surface area contributed by atoms with Crippen molar-refractivity contribution >= 4 is 40.0 Å². The number of ether oxygens (including phenoxy) is 1. The van der Waals surface area contributed by atoms with Crippen molar-refractivity contribution in [3.05, 3.63) is 58.1 Å². The van der Waals surface area contributed by atoms with Gasteiger partial charge in [0.2, 0.25) is 5.91 Å². The molecule has 0 fully saturated rings. The van der Waals surface area contributed by atoms with E-state index in [1.807, 2.05) is 0 Å². The second-order valence-electron chi connectivity index (χ2n) is 7.82. The van der Waals surface area contributed by atoms with Gasteiger partial charge in [-0.25, -0.2) is 14.8 Å². The smallest absolute Gasteiger partial charge is 0.433 e. The summed E-state index contributed by atoms with van der Waals surface area (Å²) in [5.74, 6) is -0.959. The topological polar surface area (TPSA) is 81.2 Å². The number of hydrogen-bond acceptors (Lipinski definition) is 7. The van der Waals surface area contributed by atoms with Gasteiger partial charge in [-0.3, -0.25) is 4.79 Å². The van der Waals surface area contributed by atoms with E-state index in [4.69, 9.17) is 4.74 Å². The summed E-state index contributed by atoms with van der Waals surface area (Å²) in [7, 11) is 0. The highest BCUT2D eigenvalue weighted by Gasteiger charge is 2.34. The first-order chi connectivity index (χ1) is 16.7. The van der Waals surface area contributed by atoms with Crippen LogP contribution >= 0.6 is 23.1 Å². The zero-order valence-corrected chi connectivity index (χ0v) is 20.6. The Morgan fingerprint density at radius 1 is 1.20 bits per heavy atom. The molecule has 0 spiro atoms. The minimum absolute atomic E-state index is 0.113. The van der Waals surface area contributed by atoms with Gasteiger partial charge in [-0.05, 0) is 44.7 Å². The van der Waals surface area contributed by atoms with Gasteiger partial charge < -0.3 is 10.1 Å². The normalized spacial score (nSPS) is 13.9. The van der Waals surface area contributed by atoms with Gasteiger partial charge in [-0.1, -0.05) is 42.1 Å². The van der Waals surface area contributed by atoms with Crippen molar-refractivity contribution in [3.63, 3.8) is 0 Å². The summed E-state index contributed by atoms with van der Waals surface area (Å²) >= 11 is 2.16. The molecule has 35 heavy (non-hydrogen) atoms. The quantitative estimate of drug-likeness (QED) is 0.233. The molecule has 1 aliphatic rings. The van der Waals surface area contributed by atoms with Crippen LogP contribution < -0.4 is 5.32 Å². The number of amides is 1. The maximum atomic E-state index is 13.5. The van der Waals surface area contributed by atoms with Gasteiger partial charge in [0, 0.05) is 10.4 Å². The SMILES string of the molecule is CCOC(=O)c1c(NC(=O)[C@H](C)Sc2nc(-c3ccccc3)cc(C(F)(F)F)n2)sc2c1CCC2. The van der Waals surface area contributed by atoms with Crippen LogP contribution in [0.4, 0.5) is 18.2 Å². The Morgan fingerprint density at radius 3 is 2.63 bits per heavy atom. The maximum absolute atomic E-state index is 13.5. The van der Waals surface area contributed by atoms with E-state index in [2.05, 4.69) is 15.3 Å². The highest BCUT2D eigenvalue weighted by molar-refractivity contribution is 8.00. The molecular weight excluding hydrogens is 499 g/mol. The number of hydrogen-bond donors (Lipinski definition) is 1. The zero-order chi connectivity index (χ0) is 25.2. The molecule has 0 radical (unpaired) electrons. The highest BCUT2D eigenvalue weighted by Crippen LogP contribution is 2.40. The fourth-order valence-electron chi connectivity index (χ4n) is 3.72. The summed E-state index contributed by atoms with van der Waals surface area (Å²) in [6.07, 6.45) is -2.17. The molecule has 0 aliphatic heterocycles. The Kier molecular flexibility index (Phi) is 7.46. The molecule has 3 aromatic rings. The lowest BCUT2D eigenvalue weighted by atomic mass is 10.1. The van der Waals surface area contributed by atoms with Crippen molar-refractivity contribution in [2.24, 2.45) is 0 Å². The van der Waals surface area contributed by atoms with Gasteiger partial charge in [0.1, 0.15) is 10.7 Å². The number of thiophene rings is 1. The summed E-state index contributed by atoms with van der Waals surface area (Å²) in [5, 5.41) is 2.18. The Hall–Kier alpha value is -2.92. The Balaban J connectivity index is 1.57. The maximum Gasteiger partial charge on any atom is 0.433 e. The van der Waals surface area contributed by atoms with Gasteiger partial charge in [0.25, 0.3) is 0 Å². The second kappa shape index (κ2) is 10.4. The molecule has 1 aromatic carbocycles. The number of nitrogens with zero attached hydrogens (tertiary/aromatic N) is 2. The van der Waals surface area contributed by atoms with Crippen molar-refractivity contribution in [1.82, 2.24) is 9.97 Å². The number of anilines is 1. The predicted molar refractivity (Wildman–Crippen MR) is 129 cm³/mol. The number of carbonyl (C=O) groups excluding carboxylic acids is 2. The van der Waals surface area contributed by atoms with Gasteiger partial charge in [0.15, 0.2) is 5.16 Å². The van der Waals surface area contributed by atoms with E-state index < -0.39 is 29.0 Å². The standard InChI is InChI=1S/C24H22F3N3O3S2/c1-3-33-22(32)19-15-10-7-11-17(15)35-21(19)30-20(31)13(2)34-23-28-16(14-8-5-4-6-9-14)12-18(29-23)24(25,26)27/h4-6,8-9,12-13H,3,7,10-11H2,1-2H3,(H,30,31)/t13-/m0/s1. The summed E-state index contributed by atoms with van der Waals surface area (Å²) in [6, 6.07) is 9.35. The molecule has 2 aromatic heterocycles. The molecule has 2 heterocycles. The highest BCUT2D eigenvalue weighted by atomic mass is 32.2. The molecule has 0 saturated heterocycles. The van der Waals surface area contributed by atoms with Crippen LogP contribution in [0.2, 0.25) is 0 Å². The van der Waals surface area contributed by atoms with Crippen LogP contribution in [0, 0.1) is 0 Å². The largest absolute Gasteiger partial charge is 0.462 e. The van der Waals surface area contributed by atoms with Crippen molar-refractivity contribution in [2.75, 3.05) is 11.9 Å². The molecule has 1 amide bonds. The molecule has 1 aliphatic carbocycles. The van der Waals surface area contributed by atoms with E-state index in [1.165, 1.54) is 11.3 Å². The molecule has 184 valence electrons. The molecule has 6 nitrogen and oxygen atoms in total. The number of halogens is 3. The molecule has 1 N–H and O–H groups in total. The van der Waals surface area contributed by atoms with Crippen LogP contribution in [0.1, 0.15) is 46.8 Å². The molecule has 11 heteroatoms. The average molecular weight is 522 g/mol. The molecule has 1 atom stereocenters. The number of rotatable bonds is 7. The number of nitrogens with one attached hydrogen (secondary N) is 1. The minimum Gasteiger partial charge on any atom is -0.462 e. The summed E-state index contributed by atoms with van der Waals surface area (Å²) < 4.78 is 45.6. The van der Waals surface area contributed by atoms with E-state index >= 15 is 0 Å². The molecule has 0 bridgehead atoms. The number of aryl methyl sites for hydroxylation is 1. The van der Waals surface area contributed by atoms with Gasteiger partial charge in [-0.2, -0.15) is 13.2 Å². The van der Waals surface area contributed by atoms with E-state index in [9.17, 15) is 22.8 Å². The first-order valence-corrected chi connectivity index (χ1v) is 12.7. The summed E-state index contributed by atoms with van der Waals surface area (Å²) in [5.41, 5.74) is 0.809. The van der Waals surface area contributed by atoms with E-state index in [0.717, 1.165) is 47.5 Å². The molecular formula is C24H22F3N3O3S2. The first-order valence-electron chi connectivity index (χ1n) is 11.0. The number of esters is 1. The third-order valence-electron chi connectivity index (χ3n) is 5.35. The van der Waals surface area contributed by atoms with Crippen LogP contribution in [-0.4, -0.2) is 33.7 Å². The lowest BCUT2D eigenvalue weighted by Crippen LogP contribution is -2.24. The zero-order valence-electron chi connectivity index (χ0n) is 18.9. The van der Waals surface area contributed by atoms with Crippen molar-refractivity contribution in [1.29, 1.82) is 0 Å². The molecule has 4 rings (SSSR count). The van der Waals surface area contributed by atoms with Crippen LogP contribution in [0.5, 0.6) is 0 Å². The fraction of sp³-hybridized carbons (Fsp3) is 0.333. The van der Waals surface area contributed by atoms with Gasteiger partial charge >= 0.3 is 12.1 Å². The van der Waals surface area contributed by atoms with Crippen LogP contribution in [-0.2, 0) is 28.5 Å². The monoisotopic (exact) mass is 521 g/mol. The predicted octanol–water partition coefficient (Wildman–Crippen LogP) is 6.01. The summed E-state index contributed by atoms with van der Waals surface area (Å²) in [6.45, 7) is 3.47. The third-order valence-corrected chi connectivity index (χ3v) is 7.52. The number of benzene rings is 1. The van der Waals surface area contributed by atoms with Crippen LogP contribution in [0.15, 0.2) is 41.6 Å². The Bertz CT molecular complexity index is 1250. The van der Waals surface area contributed by atoms with Crippen molar-refractivity contribution < 1.29 is 27.5 Å². The Labute approximate surface area is 208 Å². The number of thioether (sulfide) groups is 1. The van der Waals surface area contributed by atoms with Crippen molar-refractivity contribution in [3.8, 4) is 11.3 Å². The van der Waals surface area contributed by atoms with Gasteiger partial charge in [0.05, 0.1) is 23.1 Å². The lowest BCUT2D eigenvalue weighted by Gasteiger charge is -2.14. The minimum atomic E-state index is -4.67. The van der Waals surface area contributed by atoms with Gasteiger partial charge in [-0.15, -0.1) is 11.3 Å². The van der Waals surface area contributed by atoms with E-state index in [-0.39, 0.29) is 17.5 Å². The lowest BCUT2D eigenvalue weighted by molar-refractivity contribution is -0.141. The first kappa shape index (κ1) is 25.2.